The zero-order chi connectivity index (χ0) is 17.6. The molecule has 1 aliphatic rings. The minimum absolute atomic E-state index is 0.0530. The Balaban J connectivity index is 1.99. The molecular formula is C17H10F2N4OS. The molecule has 2 aromatic heterocycles. The van der Waals surface area contributed by atoms with Gasteiger partial charge in [0.05, 0.1) is 22.1 Å². The van der Waals surface area contributed by atoms with Crippen LogP contribution in [0.4, 0.5) is 8.78 Å². The molecule has 0 unspecified atom stereocenters. The van der Waals surface area contributed by atoms with Crippen molar-refractivity contribution in [2.24, 2.45) is 5.73 Å². The van der Waals surface area contributed by atoms with Crippen molar-refractivity contribution in [3.63, 3.8) is 0 Å². The van der Waals surface area contributed by atoms with E-state index in [9.17, 15) is 14.0 Å². The van der Waals surface area contributed by atoms with E-state index in [1.165, 1.54) is 17.4 Å². The van der Waals surface area contributed by atoms with Crippen molar-refractivity contribution in [3.8, 4) is 22.5 Å². The van der Waals surface area contributed by atoms with E-state index in [4.69, 9.17) is 10.5 Å². The van der Waals surface area contributed by atoms with Gasteiger partial charge in [-0.3, -0.25) is 5.10 Å². The van der Waals surface area contributed by atoms with Crippen molar-refractivity contribution in [2.75, 3.05) is 0 Å². The van der Waals surface area contributed by atoms with Gasteiger partial charge in [-0.2, -0.15) is 5.26 Å². The predicted molar refractivity (Wildman–Crippen MR) is 87.6 cm³/mol. The van der Waals surface area contributed by atoms with Crippen LogP contribution in [0.1, 0.15) is 17.0 Å². The molecule has 1 aromatic carbocycles. The zero-order valence-corrected chi connectivity index (χ0v) is 13.4. The van der Waals surface area contributed by atoms with E-state index in [1.807, 2.05) is 23.6 Å². The number of nitrogens with two attached hydrogens (primary N) is 1. The number of halogens is 2. The molecule has 1 aliphatic heterocycles. The van der Waals surface area contributed by atoms with Crippen molar-refractivity contribution < 1.29 is 13.5 Å². The third kappa shape index (κ3) is 2.37. The maximum atomic E-state index is 14.5. The van der Waals surface area contributed by atoms with Gasteiger partial charge < -0.3 is 10.5 Å². The highest BCUT2D eigenvalue weighted by molar-refractivity contribution is 7.13. The van der Waals surface area contributed by atoms with E-state index >= 15 is 0 Å². The molecule has 0 saturated carbocycles. The van der Waals surface area contributed by atoms with Crippen LogP contribution in [0.25, 0.3) is 10.6 Å². The lowest BCUT2D eigenvalue weighted by atomic mass is 9.83. The van der Waals surface area contributed by atoms with Crippen LogP contribution in [-0.4, -0.2) is 10.2 Å². The predicted octanol–water partition coefficient (Wildman–Crippen LogP) is 3.63. The van der Waals surface area contributed by atoms with Gasteiger partial charge in [0.2, 0.25) is 11.8 Å². The highest BCUT2D eigenvalue weighted by Gasteiger charge is 2.37. The minimum atomic E-state index is -0.842. The number of ether oxygens (including phenoxy) is 1. The molecule has 0 spiro atoms. The first-order valence-corrected chi connectivity index (χ1v) is 8.12. The Labute approximate surface area is 145 Å². The maximum absolute atomic E-state index is 14.5. The molecule has 0 amide bonds. The third-order valence-electron chi connectivity index (χ3n) is 3.98. The van der Waals surface area contributed by atoms with E-state index in [0.717, 1.165) is 17.0 Å². The Morgan fingerprint density at radius 3 is 2.84 bits per heavy atom. The van der Waals surface area contributed by atoms with Crippen molar-refractivity contribution in [3.05, 3.63) is 69.9 Å². The van der Waals surface area contributed by atoms with Crippen LogP contribution >= 0.6 is 11.3 Å². The molecule has 1 atom stereocenters. The summed E-state index contributed by atoms with van der Waals surface area (Å²) in [5, 5.41) is 18.4. The molecule has 3 aromatic rings. The summed E-state index contributed by atoms with van der Waals surface area (Å²) in [5.74, 6) is -2.28. The number of allylic oxidation sites excluding steroid dienone is 1. The molecule has 4 rings (SSSR count). The topological polar surface area (TPSA) is 87.7 Å². The van der Waals surface area contributed by atoms with Crippen molar-refractivity contribution in [1.82, 2.24) is 10.2 Å². The summed E-state index contributed by atoms with van der Waals surface area (Å²) in [4.78, 5) is 0.850. The molecule has 0 radical (unpaired) electrons. The van der Waals surface area contributed by atoms with E-state index in [0.29, 0.717) is 11.3 Å². The lowest BCUT2D eigenvalue weighted by Gasteiger charge is -2.24. The number of nitrogens with zero attached hydrogens (tertiary/aromatic N) is 2. The molecule has 3 N–H and O–H groups in total. The van der Waals surface area contributed by atoms with Crippen LogP contribution in [-0.2, 0) is 0 Å². The van der Waals surface area contributed by atoms with Gasteiger partial charge in [-0.05, 0) is 17.5 Å². The molecule has 0 saturated heterocycles. The first-order chi connectivity index (χ1) is 12.1. The van der Waals surface area contributed by atoms with Gasteiger partial charge in [-0.25, -0.2) is 8.78 Å². The maximum Gasteiger partial charge on any atom is 0.244 e. The molecule has 8 heteroatoms. The summed E-state index contributed by atoms with van der Waals surface area (Å²) in [6.07, 6.45) is 0. The summed E-state index contributed by atoms with van der Waals surface area (Å²) < 4.78 is 33.2. The monoisotopic (exact) mass is 356 g/mol. The Kier molecular flexibility index (Phi) is 3.51. The molecule has 3 heterocycles. The second-order valence-electron chi connectivity index (χ2n) is 5.39. The molecular weight excluding hydrogens is 346 g/mol. The van der Waals surface area contributed by atoms with E-state index < -0.39 is 17.6 Å². The highest BCUT2D eigenvalue weighted by atomic mass is 32.1. The highest BCUT2D eigenvalue weighted by Crippen LogP contribution is 2.46. The summed E-state index contributed by atoms with van der Waals surface area (Å²) in [6, 6.07) is 8.93. The number of hydrogen-bond acceptors (Lipinski definition) is 5. The number of thiophene rings is 1. The number of H-pyrrole nitrogens is 1. The quantitative estimate of drug-likeness (QED) is 0.734. The van der Waals surface area contributed by atoms with Gasteiger partial charge in [0.25, 0.3) is 0 Å². The van der Waals surface area contributed by atoms with Crippen molar-refractivity contribution in [2.45, 2.75) is 5.92 Å². The summed E-state index contributed by atoms with van der Waals surface area (Å²) in [7, 11) is 0. The van der Waals surface area contributed by atoms with Crippen LogP contribution in [0.2, 0.25) is 0 Å². The van der Waals surface area contributed by atoms with Crippen molar-refractivity contribution in [1.29, 1.82) is 5.26 Å². The fraction of sp³-hybridized carbons (Fsp3) is 0.0588. The second kappa shape index (κ2) is 5.72. The number of rotatable bonds is 2. The number of hydrogen-bond donors (Lipinski definition) is 2. The fourth-order valence-corrected chi connectivity index (χ4v) is 3.63. The standard InChI is InChI=1S/C17H10F2N4OS/c18-8-3-4-9(11(19)6-8)13-10(7-20)16(21)24-17-14(13)15(22-23-17)12-2-1-5-25-12/h1-6,13H,21H2,(H,22,23)/t13-/m1/s1. The Morgan fingerprint density at radius 2 is 2.16 bits per heavy atom. The van der Waals surface area contributed by atoms with Crippen LogP contribution in [0.3, 0.4) is 0 Å². The first kappa shape index (κ1) is 15.4. The lowest BCUT2D eigenvalue weighted by Crippen LogP contribution is -2.21. The van der Waals surface area contributed by atoms with E-state index in [-0.39, 0.29) is 22.9 Å². The molecule has 124 valence electrons. The zero-order valence-electron chi connectivity index (χ0n) is 12.6. The van der Waals surface area contributed by atoms with Gasteiger partial charge in [0.1, 0.15) is 23.3 Å². The van der Waals surface area contributed by atoms with E-state index in [1.54, 1.807) is 0 Å². The SMILES string of the molecule is N#CC1=C(N)Oc2n[nH]c(-c3cccs3)c2[C@@H]1c1ccc(F)cc1F. The van der Waals surface area contributed by atoms with Crippen LogP contribution < -0.4 is 10.5 Å². The molecule has 25 heavy (non-hydrogen) atoms. The fourth-order valence-electron chi connectivity index (χ4n) is 2.90. The van der Waals surface area contributed by atoms with E-state index in [2.05, 4.69) is 10.2 Å². The average molecular weight is 356 g/mol. The molecule has 0 fully saturated rings. The first-order valence-electron chi connectivity index (χ1n) is 7.24. The van der Waals surface area contributed by atoms with Gasteiger partial charge in [-0.15, -0.1) is 16.4 Å². The van der Waals surface area contributed by atoms with Crippen LogP contribution in [0.15, 0.2) is 47.2 Å². The minimum Gasteiger partial charge on any atom is -0.420 e. The third-order valence-corrected chi connectivity index (χ3v) is 4.87. The summed E-state index contributed by atoms with van der Waals surface area (Å²) in [6.45, 7) is 0. The Hall–Kier alpha value is -3.18. The number of nitrogens with one attached hydrogen (secondary N) is 1. The number of nitriles is 1. The molecule has 0 bridgehead atoms. The number of benzene rings is 1. The largest absolute Gasteiger partial charge is 0.420 e. The van der Waals surface area contributed by atoms with Gasteiger partial charge in [-0.1, -0.05) is 12.1 Å². The molecule has 0 aliphatic carbocycles. The molecule has 5 nitrogen and oxygen atoms in total. The average Bonchev–Trinajstić information content (AvgIpc) is 3.22. The van der Waals surface area contributed by atoms with Crippen LogP contribution in [0.5, 0.6) is 5.88 Å². The Bertz CT molecular complexity index is 1030. The lowest BCUT2D eigenvalue weighted by molar-refractivity contribution is 0.378. The number of aromatic amines is 1. The summed E-state index contributed by atoms with van der Waals surface area (Å²) >= 11 is 1.46. The van der Waals surface area contributed by atoms with Gasteiger partial charge >= 0.3 is 0 Å². The Morgan fingerprint density at radius 1 is 1.32 bits per heavy atom. The van der Waals surface area contributed by atoms with Crippen molar-refractivity contribution >= 4 is 11.3 Å². The second-order valence-corrected chi connectivity index (χ2v) is 6.33. The van der Waals surface area contributed by atoms with Crippen LogP contribution in [0, 0.1) is 23.0 Å². The normalized spacial score (nSPS) is 16.3. The number of fused-ring (bicyclic) bond motifs is 1. The number of aromatic nitrogens is 2. The van der Waals surface area contributed by atoms with Gasteiger partial charge in [0, 0.05) is 11.6 Å². The smallest absolute Gasteiger partial charge is 0.244 e. The summed E-state index contributed by atoms with van der Waals surface area (Å²) in [5.41, 5.74) is 7.12. The van der Waals surface area contributed by atoms with Gasteiger partial charge in [0.15, 0.2) is 0 Å².